The van der Waals surface area contributed by atoms with Crippen LogP contribution in [0, 0.1) is 10.8 Å². The van der Waals surface area contributed by atoms with E-state index in [1.807, 2.05) is 6.07 Å². The molecule has 0 unspecified atom stereocenters. The van der Waals surface area contributed by atoms with Crippen molar-refractivity contribution < 1.29 is 27.4 Å². The topological polar surface area (TPSA) is 94.5 Å². The number of hydrogen-bond donors (Lipinski definition) is 0. The smallest absolute Gasteiger partial charge is 0.313 e. The summed E-state index contributed by atoms with van der Waals surface area (Å²) < 4.78 is 46.6. The number of para-hydroxylation sites is 1. The average molecular weight is 741 g/mol. The van der Waals surface area contributed by atoms with Crippen molar-refractivity contribution in [3.63, 3.8) is 0 Å². The second-order valence-corrected chi connectivity index (χ2v) is 18.6. The molecule has 3 rings (SSSR count). The van der Waals surface area contributed by atoms with Crippen LogP contribution in [0.15, 0.2) is 46.3 Å². The molecule has 52 heavy (non-hydrogen) atoms. The molecule has 0 N–H and O–H groups in total. The van der Waals surface area contributed by atoms with Gasteiger partial charge in [-0.05, 0) is 59.4 Å². The monoisotopic (exact) mass is 740 g/mol. The van der Waals surface area contributed by atoms with Crippen LogP contribution in [0.4, 0.5) is 5.69 Å². The summed E-state index contributed by atoms with van der Waals surface area (Å²) in [5, 5.41) is 0. The first-order valence-corrected chi connectivity index (χ1v) is 21.3. The average Bonchev–Trinajstić information content (AvgIpc) is 3.05. The van der Waals surface area contributed by atoms with Gasteiger partial charge in [-0.2, -0.15) is 0 Å². The highest BCUT2D eigenvalue weighted by molar-refractivity contribution is 7.90. The lowest BCUT2D eigenvalue weighted by Gasteiger charge is -2.30. The molecule has 8 nitrogen and oxygen atoms in total. The molecular weight excluding hydrogens is 673 g/mol. The lowest BCUT2D eigenvalue weighted by molar-refractivity contribution is -0.139. The molecule has 2 aromatic rings. The summed E-state index contributed by atoms with van der Waals surface area (Å²) in [5.74, 6) is 0.796. The molecule has 1 aliphatic heterocycles. The Kier molecular flexibility index (Phi) is 17.5. The number of aliphatic imine (C=N–C) groups is 1. The van der Waals surface area contributed by atoms with Gasteiger partial charge in [0.1, 0.15) is 34.3 Å². The number of hydrogen-bond acceptors (Lipinski definition) is 7. The first-order valence-electron chi connectivity index (χ1n) is 19.8. The van der Waals surface area contributed by atoms with E-state index in [4.69, 9.17) is 19.2 Å². The van der Waals surface area contributed by atoms with Gasteiger partial charge in [0.2, 0.25) is 0 Å². The van der Waals surface area contributed by atoms with Gasteiger partial charge in [0.25, 0.3) is 10.0 Å². The summed E-state index contributed by atoms with van der Waals surface area (Å²) in [6.07, 6.45) is 17.0. The zero-order chi connectivity index (χ0) is 38.2. The van der Waals surface area contributed by atoms with Crippen LogP contribution in [0.5, 0.6) is 11.5 Å². The van der Waals surface area contributed by atoms with Gasteiger partial charge >= 0.3 is 5.97 Å². The number of esters is 1. The van der Waals surface area contributed by atoms with Gasteiger partial charge in [0.05, 0.1) is 20.3 Å². The van der Waals surface area contributed by atoms with E-state index >= 15 is 0 Å². The molecule has 1 aliphatic rings. The molecule has 0 spiro atoms. The fourth-order valence-corrected chi connectivity index (χ4v) is 8.31. The van der Waals surface area contributed by atoms with Gasteiger partial charge in [0, 0.05) is 13.0 Å². The van der Waals surface area contributed by atoms with Crippen LogP contribution >= 0.6 is 0 Å². The minimum atomic E-state index is -4.01. The van der Waals surface area contributed by atoms with E-state index < -0.39 is 16.0 Å². The summed E-state index contributed by atoms with van der Waals surface area (Å²) >= 11 is 0. The van der Waals surface area contributed by atoms with Crippen molar-refractivity contribution in [2.75, 3.05) is 26.9 Å². The lowest BCUT2D eigenvalue weighted by Crippen LogP contribution is -2.41. The Bertz CT molecular complexity index is 1540. The van der Waals surface area contributed by atoms with Crippen molar-refractivity contribution in [3.8, 4) is 11.5 Å². The summed E-state index contributed by atoms with van der Waals surface area (Å²) in [7, 11) is -2.72. The van der Waals surface area contributed by atoms with Crippen LogP contribution in [-0.4, -0.2) is 51.4 Å². The Hall–Kier alpha value is -3.07. The minimum Gasteiger partial charge on any atom is -0.493 e. The predicted octanol–water partition coefficient (Wildman–Crippen LogP) is 11.0. The molecule has 0 atom stereocenters. The normalized spacial score (nSPS) is 14.2. The predicted molar refractivity (Wildman–Crippen MR) is 214 cm³/mol. The number of methoxy groups -OCH3 is 1. The number of nitrogens with zero attached hydrogens (tertiary/aromatic N) is 2. The highest BCUT2D eigenvalue weighted by atomic mass is 32.2. The number of carbonyl (C=O) groups is 1. The van der Waals surface area contributed by atoms with Crippen molar-refractivity contribution >= 4 is 27.5 Å². The molecule has 2 aromatic carbocycles. The number of carbonyl (C=O) groups excluding carboxylic acids is 1. The van der Waals surface area contributed by atoms with Crippen LogP contribution < -0.4 is 9.47 Å². The number of ether oxygens (including phenoxy) is 3. The zero-order valence-electron chi connectivity index (χ0n) is 33.7. The molecular formula is C43H68N2O6S. The molecule has 1 heterocycles. The molecule has 0 radical (unpaired) electrons. The van der Waals surface area contributed by atoms with E-state index in [1.165, 1.54) is 81.2 Å². The SMILES string of the molecule is CCCCCCCCCCCCCCOc1cccc2c1N=C(CC(=O)OC)N(CCCOc1ccc(CC(C)(C)C)cc1CC(C)(C)C)S2(=O)=O. The number of rotatable bonds is 23. The Balaban J connectivity index is 1.62. The maximum absolute atomic E-state index is 14.0. The number of benzene rings is 2. The van der Waals surface area contributed by atoms with E-state index in [2.05, 4.69) is 60.6 Å². The Morgan fingerprint density at radius 1 is 0.731 bits per heavy atom. The second kappa shape index (κ2) is 21.0. The summed E-state index contributed by atoms with van der Waals surface area (Å²) in [5.41, 5.74) is 2.91. The maximum atomic E-state index is 14.0. The van der Waals surface area contributed by atoms with Crippen LogP contribution in [0.3, 0.4) is 0 Å². The van der Waals surface area contributed by atoms with E-state index in [-0.39, 0.29) is 40.2 Å². The van der Waals surface area contributed by atoms with Crippen molar-refractivity contribution in [1.82, 2.24) is 4.31 Å². The Morgan fingerprint density at radius 3 is 1.90 bits per heavy atom. The van der Waals surface area contributed by atoms with E-state index in [0.717, 1.165) is 37.0 Å². The third-order valence-corrected chi connectivity index (χ3v) is 11.0. The molecule has 0 aliphatic carbocycles. The van der Waals surface area contributed by atoms with Crippen LogP contribution in [-0.2, 0) is 32.4 Å². The fraction of sp³-hybridized carbons (Fsp3) is 0.674. The Morgan fingerprint density at radius 2 is 1.31 bits per heavy atom. The number of fused-ring (bicyclic) bond motifs is 1. The molecule has 9 heteroatoms. The molecule has 292 valence electrons. The largest absolute Gasteiger partial charge is 0.493 e. The third-order valence-electron chi connectivity index (χ3n) is 9.19. The molecule has 0 bridgehead atoms. The molecule has 0 fully saturated rings. The number of unbranched alkanes of at least 4 members (excludes halogenated alkanes) is 11. The van der Waals surface area contributed by atoms with Crippen molar-refractivity contribution in [3.05, 3.63) is 47.5 Å². The van der Waals surface area contributed by atoms with Crippen LogP contribution in [0.25, 0.3) is 0 Å². The summed E-state index contributed by atoms with van der Waals surface area (Å²) in [6, 6.07) is 11.4. The van der Waals surface area contributed by atoms with Crippen molar-refractivity contribution in [2.45, 2.75) is 156 Å². The highest BCUT2D eigenvalue weighted by Crippen LogP contribution is 2.40. The summed E-state index contributed by atoms with van der Waals surface area (Å²) in [6.45, 7) is 16.5. The van der Waals surface area contributed by atoms with Crippen molar-refractivity contribution in [1.29, 1.82) is 0 Å². The van der Waals surface area contributed by atoms with Gasteiger partial charge in [-0.25, -0.2) is 13.4 Å². The maximum Gasteiger partial charge on any atom is 0.313 e. The minimum absolute atomic E-state index is 0.0717. The highest BCUT2D eigenvalue weighted by Gasteiger charge is 2.36. The molecule has 0 saturated heterocycles. The Labute approximate surface area is 316 Å². The summed E-state index contributed by atoms with van der Waals surface area (Å²) in [4.78, 5) is 17.2. The van der Waals surface area contributed by atoms with E-state index in [9.17, 15) is 13.2 Å². The van der Waals surface area contributed by atoms with Gasteiger partial charge in [-0.1, -0.05) is 137 Å². The van der Waals surface area contributed by atoms with Gasteiger partial charge in [-0.3, -0.25) is 9.10 Å². The number of sulfonamides is 1. The first kappa shape index (κ1) is 43.3. The molecule has 0 saturated carbocycles. The second-order valence-electron chi connectivity index (χ2n) is 16.8. The van der Waals surface area contributed by atoms with Gasteiger partial charge in [-0.15, -0.1) is 0 Å². The van der Waals surface area contributed by atoms with Crippen molar-refractivity contribution in [2.24, 2.45) is 15.8 Å². The zero-order valence-corrected chi connectivity index (χ0v) is 34.5. The lowest BCUT2D eigenvalue weighted by atomic mass is 9.84. The van der Waals surface area contributed by atoms with Crippen LogP contribution in [0.2, 0.25) is 0 Å². The standard InChI is InChI=1S/C43H68N2O6S/c1-9-10-11-12-13-14-15-16-17-18-19-20-28-51-37-23-21-24-38-41(37)44-39(31-40(46)49-8)45(52(38,47)48)27-22-29-50-36-26-25-34(32-42(2,3)4)30-35(36)33-43(5,6)7/h21,23-26,30H,9-20,22,27-29,31-33H2,1-8H3. The van der Waals surface area contributed by atoms with Gasteiger partial charge in [0.15, 0.2) is 0 Å². The molecule has 0 aromatic heterocycles. The third kappa shape index (κ3) is 14.7. The van der Waals surface area contributed by atoms with E-state index in [0.29, 0.717) is 25.4 Å². The molecule has 0 amide bonds. The first-order chi connectivity index (χ1) is 24.6. The van der Waals surface area contributed by atoms with E-state index in [1.54, 1.807) is 18.2 Å². The number of amidine groups is 1. The van der Waals surface area contributed by atoms with Crippen LogP contribution in [0.1, 0.15) is 149 Å². The fourth-order valence-electron chi connectivity index (χ4n) is 6.68. The quantitative estimate of drug-likeness (QED) is 0.0831. The van der Waals surface area contributed by atoms with Gasteiger partial charge < -0.3 is 14.2 Å².